The molecule has 1 saturated heterocycles. The van der Waals surface area contributed by atoms with Crippen LogP contribution in [-0.2, 0) is 26.2 Å². The first-order valence-electron chi connectivity index (χ1n) is 13.2. The van der Waals surface area contributed by atoms with E-state index in [1.165, 1.54) is 6.07 Å². The topological polar surface area (TPSA) is 93.2 Å². The van der Waals surface area contributed by atoms with E-state index in [1.54, 1.807) is 24.3 Å². The second-order valence-corrected chi connectivity index (χ2v) is 13.0. The Balaban J connectivity index is 1.32. The lowest BCUT2D eigenvalue weighted by atomic mass is 9.97. The van der Waals surface area contributed by atoms with E-state index < -0.39 is 49.2 Å². The van der Waals surface area contributed by atoms with Crippen molar-refractivity contribution in [3.8, 4) is 5.75 Å². The molecule has 0 aromatic heterocycles. The fourth-order valence-corrected chi connectivity index (χ4v) is 6.40. The Bertz CT molecular complexity index is 1420. The number of halogens is 5. The highest BCUT2D eigenvalue weighted by Crippen LogP contribution is 2.43. The monoisotopic (exact) mass is 618 g/mol. The van der Waals surface area contributed by atoms with Crippen molar-refractivity contribution in [1.29, 1.82) is 0 Å². The van der Waals surface area contributed by atoms with Gasteiger partial charge in [0.15, 0.2) is 0 Å². The van der Waals surface area contributed by atoms with E-state index in [0.717, 1.165) is 31.7 Å². The van der Waals surface area contributed by atoms with Crippen molar-refractivity contribution in [2.45, 2.75) is 68.5 Å². The summed E-state index contributed by atoms with van der Waals surface area (Å²) >= 11 is 5.92. The second kappa shape index (κ2) is 11.4. The maximum absolute atomic E-state index is 15.3. The quantitative estimate of drug-likeness (QED) is 0.291. The highest BCUT2D eigenvalue weighted by Gasteiger charge is 2.50. The van der Waals surface area contributed by atoms with Crippen LogP contribution in [0.2, 0.25) is 5.02 Å². The molecule has 2 aromatic rings. The first-order valence-corrected chi connectivity index (χ1v) is 15.1. The van der Waals surface area contributed by atoms with Crippen LogP contribution in [0.4, 0.5) is 17.6 Å². The number of nitrogens with zero attached hydrogens (tertiary/aromatic N) is 2. The summed E-state index contributed by atoms with van der Waals surface area (Å²) in [7, 11) is -4.78. The van der Waals surface area contributed by atoms with E-state index in [1.807, 2.05) is 0 Å². The van der Waals surface area contributed by atoms with Crippen molar-refractivity contribution in [2.75, 3.05) is 13.1 Å². The Morgan fingerprint density at radius 1 is 1.00 bits per heavy atom. The Labute approximate surface area is 239 Å². The molecule has 0 unspecified atom stereocenters. The zero-order valence-electron chi connectivity index (χ0n) is 21.7. The molecule has 0 radical (unpaired) electrons. The van der Waals surface area contributed by atoms with Crippen LogP contribution in [0.5, 0.6) is 5.75 Å². The molecular weight excluding hydrogens is 592 g/mol. The van der Waals surface area contributed by atoms with Crippen LogP contribution in [-0.4, -0.2) is 60.3 Å². The molecule has 2 aliphatic carbocycles. The molecule has 1 heterocycles. The standard InChI is InChI=1S/C27H27ClF4N2O6S/c28-18-3-5-19(6-4-18)39-20-9-11-33(12-10-20)15-17-13-24(29)23(14-22(17)16-1-2-16)25(35)34(40-26(36)27(30,31)32)41(37,38)21-7-8-21/h3-6,13-14,16,20-21H,1-2,7-12,15H2. The van der Waals surface area contributed by atoms with Gasteiger partial charge in [0.1, 0.15) is 17.7 Å². The number of hydroxylamine groups is 1. The molecule has 3 aliphatic rings. The normalized spacial score (nSPS) is 18.7. The van der Waals surface area contributed by atoms with E-state index in [-0.39, 0.29) is 24.9 Å². The highest BCUT2D eigenvalue weighted by molar-refractivity contribution is 7.90. The summed E-state index contributed by atoms with van der Waals surface area (Å²) in [4.78, 5) is 30.7. The molecule has 0 spiro atoms. The number of ether oxygens (including phenoxy) is 1. The largest absolute Gasteiger partial charge is 0.493 e. The van der Waals surface area contributed by atoms with E-state index in [4.69, 9.17) is 16.3 Å². The average Bonchev–Trinajstić information content (AvgIpc) is 3.81. The molecule has 1 amide bonds. The highest BCUT2D eigenvalue weighted by atomic mass is 35.5. The van der Waals surface area contributed by atoms with E-state index in [0.29, 0.717) is 41.5 Å². The van der Waals surface area contributed by atoms with Gasteiger partial charge in [-0.1, -0.05) is 16.1 Å². The molecule has 5 rings (SSSR count). The van der Waals surface area contributed by atoms with E-state index in [9.17, 15) is 31.2 Å². The molecular formula is C27H27ClF4N2O6S. The molecule has 1 aliphatic heterocycles. The fraction of sp³-hybridized carbons (Fsp3) is 0.481. The van der Waals surface area contributed by atoms with Crippen molar-refractivity contribution in [2.24, 2.45) is 0 Å². The number of benzene rings is 2. The predicted molar refractivity (Wildman–Crippen MR) is 139 cm³/mol. The van der Waals surface area contributed by atoms with Crippen molar-refractivity contribution in [3.63, 3.8) is 0 Å². The molecule has 0 N–H and O–H groups in total. The zero-order valence-corrected chi connectivity index (χ0v) is 23.3. The number of amides is 1. The molecule has 8 nitrogen and oxygen atoms in total. The number of hydrogen-bond acceptors (Lipinski definition) is 7. The van der Waals surface area contributed by atoms with Crippen LogP contribution >= 0.6 is 11.6 Å². The second-order valence-electron chi connectivity index (χ2n) is 10.5. The number of carbonyl (C=O) groups is 2. The van der Waals surface area contributed by atoms with Gasteiger partial charge in [0.2, 0.25) is 0 Å². The van der Waals surface area contributed by atoms with Crippen LogP contribution in [0.3, 0.4) is 0 Å². The van der Waals surface area contributed by atoms with Crippen LogP contribution in [0.25, 0.3) is 0 Å². The minimum absolute atomic E-state index is 0.00542. The van der Waals surface area contributed by atoms with E-state index in [2.05, 4.69) is 9.74 Å². The number of carbonyl (C=O) groups excluding carboxylic acids is 2. The molecule has 3 fully saturated rings. The lowest BCUT2D eigenvalue weighted by molar-refractivity contribution is -0.217. The smallest absolute Gasteiger partial charge is 0.490 e. The molecule has 2 saturated carbocycles. The third-order valence-electron chi connectivity index (χ3n) is 7.26. The SMILES string of the molecule is O=C(c1cc(C2CC2)c(CN2CCC(Oc3ccc(Cl)cc3)CC2)cc1F)N(OC(=O)C(F)(F)F)S(=O)(=O)C1CC1. The van der Waals surface area contributed by atoms with Gasteiger partial charge in [-0.25, -0.2) is 17.6 Å². The third-order valence-corrected chi connectivity index (χ3v) is 9.53. The Hall–Kier alpha value is -2.90. The van der Waals surface area contributed by atoms with Crippen molar-refractivity contribution in [1.82, 2.24) is 9.37 Å². The van der Waals surface area contributed by atoms with Gasteiger partial charge in [0.05, 0.1) is 10.8 Å². The summed E-state index contributed by atoms with van der Waals surface area (Å²) in [6.45, 7) is 1.68. The summed E-state index contributed by atoms with van der Waals surface area (Å²) in [5.41, 5.74) is 0.438. The van der Waals surface area contributed by atoms with Crippen molar-refractivity contribution in [3.05, 3.63) is 63.9 Å². The Kier molecular flexibility index (Phi) is 8.23. The van der Waals surface area contributed by atoms with Gasteiger partial charge in [-0.2, -0.15) is 13.2 Å². The molecule has 222 valence electrons. The number of alkyl halides is 3. The van der Waals surface area contributed by atoms with Crippen LogP contribution < -0.4 is 4.74 Å². The molecule has 41 heavy (non-hydrogen) atoms. The molecule has 14 heteroatoms. The summed E-state index contributed by atoms with van der Waals surface area (Å²) in [5.74, 6) is -4.98. The Morgan fingerprint density at radius 2 is 1.63 bits per heavy atom. The fourth-order valence-electron chi connectivity index (χ4n) is 4.77. The van der Waals surface area contributed by atoms with Gasteiger partial charge >= 0.3 is 18.1 Å². The summed E-state index contributed by atoms with van der Waals surface area (Å²) < 4.78 is 84.8. The maximum atomic E-state index is 15.3. The Morgan fingerprint density at radius 3 is 2.20 bits per heavy atom. The van der Waals surface area contributed by atoms with Gasteiger partial charge in [0, 0.05) is 24.7 Å². The van der Waals surface area contributed by atoms with Gasteiger partial charge < -0.3 is 9.57 Å². The third kappa shape index (κ3) is 6.95. The molecule has 2 aromatic carbocycles. The van der Waals surface area contributed by atoms with Crippen LogP contribution in [0.15, 0.2) is 36.4 Å². The lowest BCUT2D eigenvalue weighted by Crippen LogP contribution is -2.44. The van der Waals surface area contributed by atoms with Gasteiger partial charge in [-0.05, 0) is 92.0 Å². The molecule has 0 atom stereocenters. The summed E-state index contributed by atoms with van der Waals surface area (Å²) in [6.07, 6.45) is -2.46. The minimum atomic E-state index is -5.56. The summed E-state index contributed by atoms with van der Waals surface area (Å²) in [5, 5.41) is -0.581. The lowest BCUT2D eigenvalue weighted by Gasteiger charge is -2.32. The minimum Gasteiger partial charge on any atom is -0.490 e. The zero-order chi connectivity index (χ0) is 29.5. The molecule has 0 bridgehead atoms. The first kappa shape index (κ1) is 29.6. The predicted octanol–water partition coefficient (Wildman–Crippen LogP) is 5.35. The van der Waals surface area contributed by atoms with Crippen molar-refractivity contribution < 1.29 is 45.1 Å². The average molecular weight is 619 g/mol. The van der Waals surface area contributed by atoms with Crippen LogP contribution in [0, 0.1) is 5.82 Å². The number of rotatable bonds is 8. The van der Waals surface area contributed by atoms with E-state index >= 15 is 4.39 Å². The van der Waals surface area contributed by atoms with Gasteiger partial charge in [-0.3, -0.25) is 9.69 Å². The summed E-state index contributed by atoms with van der Waals surface area (Å²) in [6, 6.07) is 9.37. The van der Waals surface area contributed by atoms with Crippen LogP contribution in [0.1, 0.15) is 65.9 Å². The van der Waals surface area contributed by atoms with Gasteiger partial charge in [-0.15, -0.1) is 0 Å². The number of hydrogen-bond donors (Lipinski definition) is 0. The van der Waals surface area contributed by atoms with Crippen molar-refractivity contribution >= 4 is 33.5 Å². The number of sulfonamides is 1. The maximum Gasteiger partial charge on any atom is 0.493 e. The van der Waals surface area contributed by atoms with Gasteiger partial charge in [0.25, 0.3) is 10.0 Å². The number of piperidine rings is 1. The first-order chi connectivity index (χ1) is 19.3. The number of likely N-dealkylation sites (tertiary alicyclic amines) is 1.